The van der Waals surface area contributed by atoms with Crippen molar-refractivity contribution in [3.8, 4) is 6.07 Å². The lowest BCUT2D eigenvalue weighted by molar-refractivity contribution is -0.329. The Hall–Kier alpha value is -3.11. The highest BCUT2D eigenvalue weighted by Crippen LogP contribution is 2.58. The molecule has 10 nitrogen and oxygen atoms in total. The molecular weight excluding hydrogens is 574 g/mol. The van der Waals surface area contributed by atoms with E-state index in [0.717, 1.165) is 12.8 Å². The highest BCUT2D eigenvalue weighted by molar-refractivity contribution is 5.90. The Morgan fingerprint density at radius 1 is 1.14 bits per heavy atom. The first kappa shape index (κ1) is 32.8. The van der Waals surface area contributed by atoms with Gasteiger partial charge in [0.1, 0.15) is 12.1 Å². The van der Waals surface area contributed by atoms with Crippen molar-refractivity contribution in [2.75, 3.05) is 13.1 Å². The van der Waals surface area contributed by atoms with E-state index in [1.165, 1.54) is 4.90 Å². The van der Waals surface area contributed by atoms with Crippen molar-refractivity contribution in [3.63, 3.8) is 0 Å². The van der Waals surface area contributed by atoms with Crippen LogP contribution in [0.5, 0.6) is 0 Å². The SMILES string of the molecule is CC1C(CN(CC(=O)NC(C#N)CC2CC3(CC3)NC2=O)C(=O)C(NC(=O)OC2CC(F)(F)C2(F)F)C(C)(C)C)C1(C)C. The molecule has 0 aromatic heterocycles. The molecule has 43 heavy (non-hydrogen) atoms. The van der Waals surface area contributed by atoms with Gasteiger partial charge in [-0.2, -0.15) is 22.8 Å². The first-order valence-electron chi connectivity index (χ1n) is 14.7. The molecule has 6 unspecified atom stereocenters. The largest absolute Gasteiger partial charge is 0.439 e. The van der Waals surface area contributed by atoms with Crippen molar-refractivity contribution < 1.29 is 41.5 Å². The minimum absolute atomic E-state index is 0.0106. The highest BCUT2D eigenvalue weighted by atomic mass is 19.3. The van der Waals surface area contributed by atoms with Crippen molar-refractivity contribution >= 4 is 23.8 Å². The van der Waals surface area contributed by atoms with Gasteiger partial charge in [-0.15, -0.1) is 0 Å². The number of nitrogens with zero attached hydrogens (tertiary/aromatic N) is 2. The number of alkyl halides is 4. The van der Waals surface area contributed by atoms with Crippen LogP contribution in [0.4, 0.5) is 22.4 Å². The van der Waals surface area contributed by atoms with Crippen LogP contribution in [0, 0.1) is 39.9 Å². The number of alkyl carbamates (subject to hydrolysis) is 1. The van der Waals surface area contributed by atoms with Crippen LogP contribution < -0.4 is 16.0 Å². The lowest BCUT2D eigenvalue weighted by Gasteiger charge is -2.43. The van der Waals surface area contributed by atoms with Crippen molar-refractivity contribution in [1.82, 2.24) is 20.9 Å². The molecule has 0 aromatic carbocycles. The molecule has 4 amide bonds. The number of hydrogen-bond donors (Lipinski definition) is 3. The number of rotatable bonds is 10. The van der Waals surface area contributed by atoms with E-state index >= 15 is 0 Å². The fourth-order valence-electron chi connectivity index (χ4n) is 6.20. The Bertz CT molecular complexity index is 1210. The van der Waals surface area contributed by atoms with Crippen LogP contribution in [0.15, 0.2) is 0 Å². The maximum atomic E-state index is 13.9. The number of carbonyl (C=O) groups excluding carboxylic acids is 4. The number of hydrogen-bond acceptors (Lipinski definition) is 6. The van der Waals surface area contributed by atoms with E-state index in [4.69, 9.17) is 0 Å². The summed E-state index contributed by atoms with van der Waals surface area (Å²) in [6.45, 7) is 10.5. The van der Waals surface area contributed by atoms with Crippen LogP contribution in [-0.2, 0) is 19.1 Å². The number of nitrogens with one attached hydrogen (secondary N) is 3. The second kappa shape index (κ2) is 10.8. The molecule has 3 aliphatic carbocycles. The Labute approximate surface area is 248 Å². The maximum Gasteiger partial charge on any atom is 0.408 e. The van der Waals surface area contributed by atoms with Gasteiger partial charge in [-0.05, 0) is 48.3 Å². The molecule has 0 bridgehead atoms. The molecule has 1 heterocycles. The fourth-order valence-corrected chi connectivity index (χ4v) is 6.20. The van der Waals surface area contributed by atoms with Crippen LogP contribution in [-0.4, -0.2) is 77.4 Å². The summed E-state index contributed by atoms with van der Waals surface area (Å²) in [5.41, 5.74) is -1.32. The van der Waals surface area contributed by atoms with Crippen molar-refractivity contribution in [3.05, 3.63) is 0 Å². The zero-order chi connectivity index (χ0) is 32.3. The summed E-state index contributed by atoms with van der Waals surface area (Å²) >= 11 is 0. The zero-order valence-electron chi connectivity index (χ0n) is 25.4. The summed E-state index contributed by atoms with van der Waals surface area (Å²) in [6, 6.07) is -0.316. The lowest BCUT2D eigenvalue weighted by Crippen LogP contribution is -2.65. The minimum atomic E-state index is -4.53. The van der Waals surface area contributed by atoms with E-state index in [1.807, 2.05) is 26.8 Å². The van der Waals surface area contributed by atoms with E-state index < -0.39 is 72.2 Å². The molecule has 4 aliphatic rings. The van der Waals surface area contributed by atoms with Gasteiger partial charge >= 0.3 is 17.9 Å². The molecular formula is C29H41F4N5O5. The molecule has 1 aliphatic heterocycles. The first-order valence-corrected chi connectivity index (χ1v) is 14.7. The Kier molecular flexibility index (Phi) is 8.24. The van der Waals surface area contributed by atoms with Crippen molar-refractivity contribution in [1.29, 1.82) is 5.26 Å². The minimum Gasteiger partial charge on any atom is -0.439 e. The first-order chi connectivity index (χ1) is 19.6. The molecule has 4 fully saturated rings. The van der Waals surface area contributed by atoms with Gasteiger partial charge in [-0.3, -0.25) is 14.4 Å². The third kappa shape index (κ3) is 6.55. The Morgan fingerprint density at radius 2 is 1.74 bits per heavy atom. The molecule has 14 heteroatoms. The van der Waals surface area contributed by atoms with Crippen LogP contribution in [0.2, 0.25) is 0 Å². The smallest absolute Gasteiger partial charge is 0.408 e. The quantitative estimate of drug-likeness (QED) is 0.322. The van der Waals surface area contributed by atoms with Crippen LogP contribution >= 0.6 is 0 Å². The number of nitriles is 1. The number of halogens is 4. The summed E-state index contributed by atoms with van der Waals surface area (Å²) in [4.78, 5) is 53.2. The molecule has 6 atom stereocenters. The standard InChI is InChI=1S/C29H41F4N5O5/c1-15-18(26(15,5)6)13-38(14-20(39)35-17(12-34)9-16-10-27(7-8-27)37-22(16)40)23(41)21(25(2,3)4)36-24(42)43-19-11-28(30,31)29(19,32)33/h15-19,21H,7-11,13-14H2,1-6H3,(H,35,39)(H,36,42)(H,37,40). The second-order valence-corrected chi connectivity index (χ2v) is 14.5. The topological polar surface area (TPSA) is 141 Å². The summed E-state index contributed by atoms with van der Waals surface area (Å²) in [6.07, 6.45) is -2.64. The Morgan fingerprint density at radius 3 is 2.19 bits per heavy atom. The van der Waals surface area contributed by atoms with E-state index in [2.05, 4.69) is 20.7 Å². The highest BCUT2D eigenvalue weighted by Gasteiger charge is 2.74. The van der Waals surface area contributed by atoms with Crippen LogP contribution in [0.25, 0.3) is 0 Å². The average molecular weight is 616 g/mol. The van der Waals surface area contributed by atoms with E-state index in [1.54, 1.807) is 20.8 Å². The van der Waals surface area contributed by atoms with Gasteiger partial charge in [-0.1, -0.05) is 41.5 Å². The third-order valence-corrected chi connectivity index (χ3v) is 9.91. The summed E-state index contributed by atoms with van der Waals surface area (Å²) in [5.74, 6) is -10.5. The van der Waals surface area contributed by atoms with Gasteiger partial charge in [0.2, 0.25) is 17.7 Å². The summed E-state index contributed by atoms with van der Waals surface area (Å²) in [7, 11) is 0. The van der Waals surface area contributed by atoms with E-state index in [9.17, 15) is 42.0 Å². The van der Waals surface area contributed by atoms with Crippen molar-refractivity contribution in [2.24, 2.45) is 28.6 Å². The van der Waals surface area contributed by atoms with Gasteiger partial charge in [0.15, 0.2) is 6.10 Å². The van der Waals surface area contributed by atoms with Gasteiger partial charge in [0.25, 0.3) is 0 Å². The zero-order valence-corrected chi connectivity index (χ0v) is 25.4. The lowest BCUT2D eigenvalue weighted by atomic mass is 9.85. The van der Waals surface area contributed by atoms with E-state index in [0.29, 0.717) is 6.42 Å². The summed E-state index contributed by atoms with van der Waals surface area (Å²) < 4.78 is 58.5. The number of ether oxygens (including phenoxy) is 1. The normalized spacial score (nSPS) is 30.1. The monoisotopic (exact) mass is 615 g/mol. The summed E-state index contributed by atoms with van der Waals surface area (Å²) in [5, 5.41) is 17.5. The maximum absolute atomic E-state index is 13.9. The predicted octanol–water partition coefficient (Wildman–Crippen LogP) is 3.36. The van der Waals surface area contributed by atoms with Crippen molar-refractivity contribution in [2.45, 2.75) is 109 Å². The Balaban J connectivity index is 1.44. The molecule has 3 saturated carbocycles. The molecule has 0 radical (unpaired) electrons. The fraction of sp³-hybridized carbons (Fsp3) is 0.828. The van der Waals surface area contributed by atoms with Gasteiger partial charge in [-0.25, -0.2) is 4.79 Å². The molecule has 1 saturated heterocycles. The molecule has 240 valence electrons. The number of carbonyl (C=O) groups is 4. The predicted molar refractivity (Wildman–Crippen MR) is 145 cm³/mol. The number of amides is 4. The van der Waals surface area contributed by atoms with Crippen LogP contribution in [0.1, 0.15) is 73.6 Å². The van der Waals surface area contributed by atoms with Gasteiger partial charge in [0.05, 0.1) is 19.0 Å². The molecule has 4 rings (SSSR count). The van der Waals surface area contributed by atoms with Gasteiger partial charge < -0.3 is 25.6 Å². The second-order valence-electron chi connectivity index (χ2n) is 14.5. The molecule has 1 spiro atoms. The molecule has 0 aromatic rings. The third-order valence-electron chi connectivity index (χ3n) is 9.91. The van der Waals surface area contributed by atoms with E-state index in [-0.39, 0.29) is 41.7 Å². The van der Waals surface area contributed by atoms with Crippen LogP contribution in [0.3, 0.4) is 0 Å². The molecule has 3 N–H and O–H groups in total. The van der Waals surface area contributed by atoms with Gasteiger partial charge in [0, 0.05) is 18.0 Å². The average Bonchev–Trinajstić information content (AvgIpc) is 3.70.